The third-order valence-electron chi connectivity index (χ3n) is 3.62. The van der Waals surface area contributed by atoms with E-state index in [0.717, 1.165) is 22.8 Å². The second-order valence-electron chi connectivity index (χ2n) is 4.87. The summed E-state index contributed by atoms with van der Waals surface area (Å²) in [7, 11) is 1.67. The van der Waals surface area contributed by atoms with Crippen LogP contribution in [0.2, 0.25) is 0 Å². The molecule has 1 aromatic rings. The summed E-state index contributed by atoms with van der Waals surface area (Å²) in [6, 6.07) is 5.94. The zero-order valence-electron chi connectivity index (χ0n) is 10.2. The van der Waals surface area contributed by atoms with E-state index in [0.29, 0.717) is 5.92 Å². The van der Waals surface area contributed by atoms with Gasteiger partial charge in [0.05, 0.1) is 13.2 Å². The Hall–Kier alpha value is -1.02. The largest absolute Gasteiger partial charge is 0.496 e. The number of aliphatic hydroxyl groups excluding tert-OH is 1. The van der Waals surface area contributed by atoms with Crippen molar-refractivity contribution in [2.75, 3.05) is 7.11 Å². The molecular weight excluding hydrogens is 200 g/mol. The van der Waals surface area contributed by atoms with E-state index in [1.165, 1.54) is 12.8 Å². The summed E-state index contributed by atoms with van der Waals surface area (Å²) in [5.41, 5.74) is 2.10. The summed E-state index contributed by atoms with van der Waals surface area (Å²) in [6.07, 6.45) is 2.21. The lowest BCUT2D eigenvalue weighted by Gasteiger charge is -2.19. The fourth-order valence-corrected chi connectivity index (χ4v) is 2.27. The Kier molecular flexibility index (Phi) is 3.20. The van der Waals surface area contributed by atoms with Crippen molar-refractivity contribution >= 4 is 0 Å². The minimum Gasteiger partial charge on any atom is -0.496 e. The zero-order chi connectivity index (χ0) is 11.7. The zero-order valence-corrected chi connectivity index (χ0v) is 10.2. The first-order valence-corrected chi connectivity index (χ1v) is 5.96. The van der Waals surface area contributed by atoms with E-state index in [9.17, 15) is 5.11 Å². The topological polar surface area (TPSA) is 29.5 Å². The van der Waals surface area contributed by atoms with E-state index in [-0.39, 0.29) is 6.10 Å². The van der Waals surface area contributed by atoms with E-state index < -0.39 is 0 Å². The van der Waals surface area contributed by atoms with Crippen LogP contribution in [0.25, 0.3) is 0 Å². The average Bonchev–Trinajstić information content (AvgIpc) is 3.11. The Labute approximate surface area is 97.3 Å². The summed E-state index contributed by atoms with van der Waals surface area (Å²) in [4.78, 5) is 0. The van der Waals surface area contributed by atoms with Gasteiger partial charge in [-0.2, -0.15) is 0 Å². The molecule has 2 atom stereocenters. The number of benzene rings is 1. The molecule has 0 bridgehead atoms. The van der Waals surface area contributed by atoms with Crippen LogP contribution in [0.15, 0.2) is 18.2 Å². The SMILES string of the molecule is COc1ccc(C(O)C(C)C2CC2)cc1C. The van der Waals surface area contributed by atoms with Crippen LogP contribution in [0.5, 0.6) is 5.75 Å². The van der Waals surface area contributed by atoms with Gasteiger partial charge in [0, 0.05) is 0 Å². The molecule has 1 aliphatic rings. The third-order valence-corrected chi connectivity index (χ3v) is 3.62. The highest BCUT2D eigenvalue weighted by Crippen LogP contribution is 2.42. The Morgan fingerprint density at radius 1 is 1.38 bits per heavy atom. The van der Waals surface area contributed by atoms with Crippen molar-refractivity contribution in [3.8, 4) is 5.75 Å². The molecule has 2 unspecified atom stereocenters. The van der Waals surface area contributed by atoms with Gasteiger partial charge in [0.25, 0.3) is 0 Å². The number of aryl methyl sites for hydroxylation is 1. The molecule has 0 spiro atoms. The van der Waals surface area contributed by atoms with Crippen molar-refractivity contribution in [2.45, 2.75) is 32.8 Å². The molecule has 0 heterocycles. The predicted octanol–water partition coefficient (Wildman–Crippen LogP) is 3.08. The lowest BCUT2D eigenvalue weighted by atomic mass is 9.92. The Morgan fingerprint density at radius 2 is 2.06 bits per heavy atom. The highest BCUT2D eigenvalue weighted by Gasteiger charge is 2.33. The summed E-state index contributed by atoms with van der Waals surface area (Å²) >= 11 is 0. The van der Waals surface area contributed by atoms with Crippen molar-refractivity contribution in [1.29, 1.82) is 0 Å². The Balaban J connectivity index is 2.16. The molecule has 1 aliphatic carbocycles. The van der Waals surface area contributed by atoms with Crippen molar-refractivity contribution in [3.05, 3.63) is 29.3 Å². The van der Waals surface area contributed by atoms with E-state index in [1.54, 1.807) is 7.11 Å². The molecule has 16 heavy (non-hydrogen) atoms. The van der Waals surface area contributed by atoms with Crippen molar-refractivity contribution in [1.82, 2.24) is 0 Å². The minimum absolute atomic E-state index is 0.336. The van der Waals surface area contributed by atoms with Gasteiger partial charge in [-0.3, -0.25) is 0 Å². The molecule has 2 nitrogen and oxygen atoms in total. The fraction of sp³-hybridized carbons (Fsp3) is 0.571. The van der Waals surface area contributed by atoms with Crippen LogP contribution in [0.3, 0.4) is 0 Å². The van der Waals surface area contributed by atoms with E-state index in [1.807, 2.05) is 25.1 Å². The minimum atomic E-state index is -0.336. The smallest absolute Gasteiger partial charge is 0.121 e. The highest BCUT2D eigenvalue weighted by molar-refractivity contribution is 5.37. The van der Waals surface area contributed by atoms with Gasteiger partial charge in [0.2, 0.25) is 0 Å². The van der Waals surface area contributed by atoms with Gasteiger partial charge in [-0.1, -0.05) is 13.0 Å². The number of hydrogen-bond acceptors (Lipinski definition) is 2. The van der Waals surface area contributed by atoms with Crippen LogP contribution in [-0.2, 0) is 0 Å². The van der Waals surface area contributed by atoms with Crippen LogP contribution in [-0.4, -0.2) is 12.2 Å². The lowest BCUT2D eigenvalue weighted by Crippen LogP contribution is -2.11. The molecule has 1 fully saturated rings. The quantitative estimate of drug-likeness (QED) is 0.845. The summed E-state index contributed by atoms with van der Waals surface area (Å²) < 4.78 is 5.22. The molecule has 0 radical (unpaired) electrons. The van der Waals surface area contributed by atoms with E-state index >= 15 is 0 Å². The van der Waals surface area contributed by atoms with E-state index in [2.05, 4.69) is 6.92 Å². The molecule has 88 valence electrons. The average molecular weight is 220 g/mol. The van der Waals surface area contributed by atoms with Crippen LogP contribution in [0, 0.1) is 18.8 Å². The van der Waals surface area contributed by atoms with Gasteiger partial charge in [-0.25, -0.2) is 0 Å². The maximum atomic E-state index is 10.2. The van der Waals surface area contributed by atoms with Crippen LogP contribution >= 0.6 is 0 Å². The molecule has 0 saturated heterocycles. The van der Waals surface area contributed by atoms with Gasteiger partial charge in [0.1, 0.15) is 5.75 Å². The second-order valence-corrected chi connectivity index (χ2v) is 4.87. The van der Waals surface area contributed by atoms with Gasteiger partial charge in [0.15, 0.2) is 0 Å². The molecule has 1 aromatic carbocycles. The molecular formula is C14H20O2. The highest BCUT2D eigenvalue weighted by atomic mass is 16.5. The molecule has 2 rings (SSSR count). The standard InChI is InChI=1S/C14H20O2/c1-9-8-12(6-7-13(9)16-3)14(15)10(2)11-4-5-11/h6-8,10-11,14-15H,4-5H2,1-3H3. The fourth-order valence-electron chi connectivity index (χ4n) is 2.27. The number of rotatable bonds is 4. The van der Waals surface area contributed by atoms with Crippen molar-refractivity contribution in [3.63, 3.8) is 0 Å². The summed E-state index contributed by atoms with van der Waals surface area (Å²) in [6.45, 7) is 4.15. The Bertz CT molecular complexity index is 369. The van der Waals surface area contributed by atoms with Gasteiger partial charge < -0.3 is 9.84 Å². The first-order chi connectivity index (χ1) is 7.63. The molecule has 2 heteroatoms. The molecule has 0 aromatic heterocycles. The molecule has 0 aliphatic heterocycles. The van der Waals surface area contributed by atoms with E-state index in [4.69, 9.17) is 4.74 Å². The van der Waals surface area contributed by atoms with Gasteiger partial charge in [-0.05, 0) is 54.9 Å². The molecule has 0 amide bonds. The van der Waals surface area contributed by atoms with Gasteiger partial charge >= 0.3 is 0 Å². The number of methoxy groups -OCH3 is 1. The maximum absolute atomic E-state index is 10.2. The van der Waals surface area contributed by atoms with Crippen molar-refractivity contribution in [2.24, 2.45) is 11.8 Å². The first kappa shape index (κ1) is 11.5. The molecule has 1 saturated carbocycles. The second kappa shape index (κ2) is 4.46. The Morgan fingerprint density at radius 3 is 2.56 bits per heavy atom. The first-order valence-electron chi connectivity index (χ1n) is 5.96. The summed E-state index contributed by atoms with van der Waals surface area (Å²) in [5, 5.41) is 10.2. The van der Waals surface area contributed by atoms with Crippen LogP contribution < -0.4 is 4.74 Å². The normalized spacial score (nSPS) is 19.2. The third kappa shape index (κ3) is 2.22. The summed E-state index contributed by atoms with van der Waals surface area (Å²) in [5.74, 6) is 1.97. The van der Waals surface area contributed by atoms with Gasteiger partial charge in [-0.15, -0.1) is 0 Å². The predicted molar refractivity (Wildman–Crippen MR) is 64.6 cm³/mol. The number of ether oxygens (including phenoxy) is 1. The lowest BCUT2D eigenvalue weighted by molar-refractivity contribution is 0.106. The number of hydrogen-bond donors (Lipinski definition) is 1. The van der Waals surface area contributed by atoms with Crippen LogP contribution in [0.1, 0.15) is 37.0 Å². The van der Waals surface area contributed by atoms with Crippen molar-refractivity contribution < 1.29 is 9.84 Å². The molecule has 1 N–H and O–H groups in total. The van der Waals surface area contributed by atoms with Crippen LogP contribution in [0.4, 0.5) is 0 Å². The maximum Gasteiger partial charge on any atom is 0.121 e. The monoisotopic (exact) mass is 220 g/mol. The number of aliphatic hydroxyl groups is 1.